The summed E-state index contributed by atoms with van der Waals surface area (Å²) in [4.78, 5) is 48.2. The Morgan fingerprint density at radius 1 is 1.09 bits per heavy atom. The molecule has 2 aliphatic rings. The van der Waals surface area contributed by atoms with Crippen LogP contribution in [-0.4, -0.2) is 85.2 Å². The molecule has 0 aromatic heterocycles. The third-order valence-electron chi connectivity index (χ3n) is 6.24. The zero-order chi connectivity index (χ0) is 23.3. The Balaban J connectivity index is 1.52. The van der Waals surface area contributed by atoms with E-state index in [1.54, 1.807) is 24.3 Å². The molecule has 0 bridgehead atoms. The molecule has 0 spiro atoms. The number of likely N-dealkylation sites (N-methyl/N-ethyl adjacent to an activating group) is 1. The van der Waals surface area contributed by atoms with Crippen LogP contribution in [0.1, 0.15) is 53.8 Å². The second kappa shape index (κ2) is 10.7. The summed E-state index contributed by atoms with van der Waals surface area (Å²) in [5.41, 5.74) is 1.26. The first kappa shape index (κ1) is 23.9. The van der Waals surface area contributed by atoms with E-state index in [9.17, 15) is 14.4 Å². The van der Waals surface area contributed by atoms with Crippen LogP contribution in [0.2, 0.25) is 0 Å². The minimum atomic E-state index is -0.254. The van der Waals surface area contributed by atoms with Gasteiger partial charge in [-0.05, 0) is 32.0 Å². The highest BCUT2D eigenvalue weighted by Crippen LogP contribution is 2.28. The Kier molecular flexibility index (Phi) is 7.96. The van der Waals surface area contributed by atoms with Crippen LogP contribution < -0.4 is 0 Å². The number of nitrogens with zero attached hydrogens (tertiary/aromatic N) is 4. The highest BCUT2D eigenvalue weighted by Gasteiger charge is 2.33. The molecule has 1 fully saturated rings. The first-order valence-corrected chi connectivity index (χ1v) is 11.4. The molecule has 0 atom stereocenters. The van der Waals surface area contributed by atoms with Crippen LogP contribution in [0.3, 0.4) is 0 Å². The topological polar surface area (TPSA) is 73.3 Å². The van der Waals surface area contributed by atoms with Crippen molar-refractivity contribution < 1.29 is 14.4 Å². The molecule has 7 heteroatoms. The summed E-state index contributed by atoms with van der Waals surface area (Å²) in [6.45, 7) is 12.6. The molecule has 1 aromatic carbocycles. The number of Topliss-reactive ketones (excluding diaryl/α,β-unsaturated/α-hetero) is 2. The van der Waals surface area contributed by atoms with Crippen LogP contribution in [0.4, 0.5) is 0 Å². The van der Waals surface area contributed by atoms with Gasteiger partial charge in [0.2, 0.25) is 17.5 Å². The first-order chi connectivity index (χ1) is 15.3. The van der Waals surface area contributed by atoms with E-state index in [0.717, 1.165) is 45.6 Å². The van der Waals surface area contributed by atoms with E-state index in [2.05, 4.69) is 30.5 Å². The third-order valence-corrected chi connectivity index (χ3v) is 6.24. The highest BCUT2D eigenvalue weighted by molar-refractivity contribution is 6.26. The Morgan fingerprint density at radius 2 is 1.72 bits per heavy atom. The number of hydrogen-bond acceptors (Lipinski definition) is 6. The Morgan fingerprint density at radius 3 is 2.31 bits per heavy atom. The van der Waals surface area contributed by atoms with Crippen LogP contribution in [0, 0.1) is 5.92 Å². The molecule has 1 aromatic rings. The number of allylic oxidation sites excluding steroid dienone is 2. The number of ketones is 2. The summed E-state index contributed by atoms with van der Waals surface area (Å²) in [5.74, 6) is 0.369. The van der Waals surface area contributed by atoms with Gasteiger partial charge in [-0.2, -0.15) is 0 Å². The van der Waals surface area contributed by atoms with Gasteiger partial charge in [-0.15, -0.1) is 0 Å². The lowest BCUT2D eigenvalue weighted by atomic mass is 9.90. The predicted octanol–water partition coefficient (Wildman–Crippen LogP) is 2.88. The van der Waals surface area contributed by atoms with E-state index in [1.165, 1.54) is 0 Å². The summed E-state index contributed by atoms with van der Waals surface area (Å²) < 4.78 is 0. The van der Waals surface area contributed by atoms with Gasteiger partial charge in [-0.25, -0.2) is 0 Å². The molecule has 1 aliphatic carbocycles. The lowest BCUT2D eigenvalue weighted by molar-refractivity contribution is -0.133. The van der Waals surface area contributed by atoms with E-state index >= 15 is 0 Å². The quantitative estimate of drug-likeness (QED) is 0.555. The minimum Gasteiger partial charge on any atom is -0.370 e. The van der Waals surface area contributed by atoms with Gasteiger partial charge in [0, 0.05) is 57.3 Å². The summed E-state index contributed by atoms with van der Waals surface area (Å²) >= 11 is 0. The third kappa shape index (κ3) is 5.33. The minimum absolute atomic E-state index is 0.129. The summed E-state index contributed by atoms with van der Waals surface area (Å²) in [5, 5.41) is 0. The molecule has 1 aliphatic heterocycles. The summed E-state index contributed by atoms with van der Waals surface area (Å²) in [7, 11) is 1.82. The average Bonchev–Trinajstić information content (AvgIpc) is 2.80. The number of carbonyl (C=O) groups is 3. The highest BCUT2D eigenvalue weighted by atomic mass is 16.2. The van der Waals surface area contributed by atoms with Gasteiger partial charge in [0.05, 0.1) is 0 Å². The molecular weight excluding hydrogens is 404 g/mol. The monoisotopic (exact) mass is 438 g/mol. The maximum atomic E-state index is 13.0. The number of rotatable bonds is 9. The number of fused-ring (bicyclic) bond motifs is 1. The fourth-order valence-electron chi connectivity index (χ4n) is 4.28. The van der Waals surface area contributed by atoms with Crippen molar-refractivity contribution in [1.29, 1.82) is 0 Å². The van der Waals surface area contributed by atoms with Crippen LogP contribution in [-0.2, 0) is 4.79 Å². The van der Waals surface area contributed by atoms with E-state index in [1.807, 2.05) is 16.8 Å². The second-order valence-electron chi connectivity index (χ2n) is 8.99. The van der Waals surface area contributed by atoms with Crippen molar-refractivity contribution in [3.05, 3.63) is 46.8 Å². The maximum Gasteiger partial charge on any atom is 0.222 e. The molecule has 1 amide bonds. The second-order valence-corrected chi connectivity index (χ2v) is 8.99. The van der Waals surface area contributed by atoms with Crippen molar-refractivity contribution in [3.8, 4) is 0 Å². The van der Waals surface area contributed by atoms with E-state index in [4.69, 9.17) is 0 Å². The lowest BCUT2D eigenvalue weighted by Crippen LogP contribution is -2.49. The summed E-state index contributed by atoms with van der Waals surface area (Å²) in [6.07, 6.45) is 2.41. The van der Waals surface area contributed by atoms with Crippen molar-refractivity contribution in [2.75, 3.05) is 46.3 Å². The molecule has 7 nitrogen and oxygen atoms in total. The first-order valence-electron chi connectivity index (χ1n) is 11.4. The molecule has 0 N–H and O–H groups in total. The van der Waals surface area contributed by atoms with Crippen LogP contribution in [0.25, 0.3) is 0 Å². The predicted molar refractivity (Wildman–Crippen MR) is 126 cm³/mol. The van der Waals surface area contributed by atoms with Crippen LogP contribution in [0.15, 0.2) is 40.7 Å². The number of hydrogen-bond donors (Lipinski definition) is 0. The van der Waals surface area contributed by atoms with Crippen LogP contribution >= 0.6 is 0 Å². The number of carbonyl (C=O) groups excluding carboxylic acids is 3. The Labute approximate surface area is 190 Å². The maximum absolute atomic E-state index is 13.0. The average molecular weight is 439 g/mol. The zero-order valence-electron chi connectivity index (χ0n) is 19.5. The van der Waals surface area contributed by atoms with Gasteiger partial charge in [0.15, 0.2) is 0 Å². The fraction of sp³-hybridized carbons (Fsp3) is 0.520. The van der Waals surface area contributed by atoms with Gasteiger partial charge in [-0.1, -0.05) is 38.1 Å². The van der Waals surface area contributed by atoms with Gasteiger partial charge in [0.25, 0.3) is 0 Å². The Hall–Kier alpha value is -2.80. The van der Waals surface area contributed by atoms with Crippen LogP contribution in [0.5, 0.6) is 0 Å². The number of amides is 1. The summed E-state index contributed by atoms with van der Waals surface area (Å²) in [6, 6.07) is 6.86. The van der Waals surface area contributed by atoms with Crippen molar-refractivity contribution in [2.45, 2.75) is 33.1 Å². The molecule has 0 saturated carbocycles. The van der Waals surface area contributed by atoms with Gasteiger partial charge >= 0.3 is 0 Å². The van der Waals surface area contributed by atoms with Gasteiger partial charge < -0.3 is 9.80 Å². The van der Waals surface area contributed by atoms with Crippen molar-refractivity contribution in [2.24, 2.45) is 10.9 Å². The van der Waals surface area contributed by atoms with Gasteiger partial charge in [0.1, 0.15) is 11.4 Å². The van der Waals surface area contributed by atoms with E-state index in [-0.39, 0.29) is 23.2 Å². The molecule has 0 radical (unpaired) electrons. The molecular formula is C25H34N4O3. The molecule has 1 heterocycles. The number of piperazine rings is 1. The van der Waals surface area contributed by atoms with Gasteiger partial charge in [-0.3, -0.25) is 24.3 Å². The normalized spacial score (nSPS) is 17.1. The number of aliphatic imine (C=N–C) groups is 1. The molecule has 32 heavy (non-hydrogen) atoms. The lowest BCUT2D eigenvalue weighted by Gasteiger charge is -2.35. The zero-order valence-corrected chi connectivity index (χ0v) is 19.5. The fourth-order valence-corrected chi connectivity index (χ4v) is 4.28. The molecule has 1 saturated heterocycles. The standard InChI is InChI=1S/C25H34N4O3/c1-18(2)10-11-21(30)29-16-14-28(15-17-29)13-7-12-27(4)23-22(26-3)24(31)19-8-5-6-9-20(19)25(23)32/h5-6,8-9,18H,3,7,10-17H2,1-2,4H3. The van der Waals surface area contributed by atoms with Crippen molar-refractivity contribution in [3.63, 3.8) is 0 Å². The molecule has 3 rings (SSSR count). The molecule has 0 unspecified atom stereocenters. The Bertz CT molecular complexity index is 914. The molecule has 172 valence electrons. The smallest absolute Gasteiger partial charge is 0.222 e. The van der Waals surface area contributed by atoms with Crippen molar-refractivity contribution >= 4 is 24.2 Å². The van der Waals surface area contributed by atoms with Crippen molar-refractivity contribution in [1.82, 2.24) is 14.7 Å². The SMILES string of the molecule is C=NC1=C(N(C)CCCN2CCN(C(=O)CCC(C)C)CC2)C(=O)c2ccccc2C1=O. The number of benzene rings is 1. The largest absolute Gasteiger partial charge is 0.370 e. The van der Waals surface area contributed by atoms with E-state index < -0.39 is 0 Å². The van der Waals surface area contributed by atoms with E-state index in [0.29, 0.717) is 35.7 Å².